The van der Waals surface area contributed by atoms with Crippen molar-refractivity contribution in [1.29, 1.82) is 0 Å². The molecule has 25 heteroatoms. The quantitative estimate of drug-likeness (QED) is 0.0682. The Morgan fingerprint density at radius 2 is 0.838 bits per heavy atom. The van der Waals surface area contributed by atoms with Crippen LogP contribution in [0.4, 0.5) is 0 Å². The Bertz CT molecular complexity index is 3020. The molecular weight excluding hydrogens is 1290 g/mol. The highest BCUT2D eigenvalue weighted by atomic mass is 16.7. The average Bonchev–Trinajstić information content (AvgIpc) is 1.60. The fourth-order valence-electron chi connectivity index (χ4n) is 15.7. The van der Waals surface area contributed by atoms with Crippen LogP contribution >= 0.6 is 0 Å². The van der Waals surface area contributed by atoms with E-state index >= 15 is 0 Å². The molecule has 14 aliphatic heterocycles. The first kappa shape index (κ1) is 76.1. The summed E-state index contributed by atoms with van der Waals surface area (Å²) in [5.74, 6) is -2.18. The van der Waals surface area contributed by atoms with Gasteiger partial charge < -0.3 is 71.1 Å². The largest absolute Gasteiger partial charge is 0.465 e. The summed E-state index contributed by atoms with van der Waals surface area (Å²) in [6.45, 7) is 32.8. The van der Waals surface area contributed by atoms with Crippen LogP contribution in [0.25, 0.3) is 0 Å². The van der Waals surface area contributed by atoms with Crippen LogP contribution in [0.2, 0.25) is 0 Å². The molecule has 0 spiro atoms. The first-order chi connectivity index (χ1) is 46.5. The van der Waals surface area contributed by atoms with Gasteiger partial charge in [-0.15, -0.1) is 0 Å². The van der Waals surface area contributed by atoms with E-state index in [-0.39, 0.29) is 205 Å². The molecular formula is C74H110O25. The summed E-state index contributed by atoms with van der Waals surface area (Å²) in [5.41, 5.74) is -2.29. The minimum absolute atomic E-state index is 0.0158. The molecule has 0 saturated carbocycles. The molecule has 0 aromatic rings. The average molecular weight is 1400 g/mol. The fraction of sp³-hybridized carbons (Fsp3) is 0.865. The van der Waals surface area contributed by atoms with Gasteiger partial charge in [0.15, 0.2) is 12.2 Å². The first-order valence-corrected chi connectivity index (χ1v) is 36.7. The predicted molar refractivity (Wildman–Crippen MR) is 347 cm³/mol. The second-order valence-electron chi connectivity index (χ2n) is 33.0. The van der Waals surface area contributed by atoms with E-state index in [1.54, 1.807) is 13.8 Å². The van der Waals surface area contributed by atoms with Crippen LogP contribution in [0.3, 0.4) is 0 Å². The number of hydrogen-bond donors (Lipinski definition) is 0. The van der Waals surface area contributed by atoms with E-state index in [4.69, 9.17) is 71.1 Å². The van der Waals surface area contributed by atoms with E-state index in [0.29, 0.717) is 44.8 Å². The number of carbonyl (C=O) groups excluding carboxylic acids is 10. The van der Waals surface area contributed by atoms with Gasteiger partial charge in [-0.05, 0) is 167 Å². The van der Waals surface area contributed by atoms with Gasteiger partial charge in [0.25, 0.3) is 0 Å². The van der Waals surface area contributed by atoms with Gasteiger partial charge in [-0.25, -0.2) is 0 Å². The zero-order valence-electron chi connectivity index (χ0n) is 61.2. The maximum atomic E-state index is 12.2. The maximum absolute atomic E-state index is 12.2. The van der Waals surface area contributed by atoms with Crippen molar-refractivity contribution in [3.8, 4) is 0 Å². The van der Waals surface area contributed by atoms with Gasteiger partial charge in [-0.3, -0.25) is 47.9 Å². The molecule has 99 heavy (non-hydrogen) atoms. The van der Waals surface area contributed by atoms with Crippen molar-refractivity contribution in [3.05, 3.63) is 0 Å². The summed E-state index contributed by atoms with van der Waals surface area (Å²) < 4.78 is 82.8. The predicted octanol–water partition coefficient (Wildman–Crippen LogP) is 8.71. The molecule has 14 saturated heterocycles. The van der Waals surface area contributed by atoms with Gasteiger partial charge in [0.1, 0.15) is 61.5 Å². The third kappa shape index (κ3) is 15.6. The highest BCUT2D eigenvalue weighted by Gasteiger charge is 2.68. The standard InChI is InChI=1S/C16H22O7.C16H24O5.2C15H22O5.C12H20O3/c1-4-16(2,3)15(19)20-6-5-10(17)22-12-9-7-8-11(21-9)13(12)23-14(8)18;1-5-16(3,4)15(18)19-8(2)6-9-11-7-10-13(20-11)12(9)21-14(10)17;1-5-15(3,4)14(17)18-7(2)10-9-6-8-11(19-9)12(10)20-13(8)16;1-4-15(2,3)14(17)18-6-5-8-10-7-9-12(19-10)11(8)20-13(9)16;1-4-12(2,3)11(13)15-10-7-8-5-6-9(10)14-8/h8-9,11-13H,4-7H2,1-3H3;8-13H,5-7H2,1-4H3;7-12H,5-6H2,1-4H3;8-12H,4-7H2,1-3H3;8-10H,4-7H2,1-3H3. The summed E-state index contributed by atoms with van der Waals surface area (Å²) in [7, 11) is 0. The van der Waals surface area contributed by atoms with Gasteiger partial charge in [-0.1, -0.05) is 34.6 Å². The summed E-state index contributed by atoms with van der Waals surface area (Å²) in [6.07, 6.45) is 8.80. The minimum atomic E-state index is -0.560. The Balaban J connectivity index is 0.000000135. The number of esters is 10. The Hall–Kier alpha value is -5.50. The van der Waals surface area contributed by atoms with E-state index in [1.807, 2.05) is 104 Å². The Labute approximate surface area is 582 Å². The molecule has 10 bridgehead atoms. The molecule has 0 aromatic carbocycles. The smallest absolute Gasteiger partial charge is 0.312 e. The second kappa shape index (κ2) is 29.7. The molecule has 25 atom stereocenters. The van der Waals surface area contributed by atoms with Gasteiger partial charge >= 0.3 is 59.7 Å². The van der Waals surface area contributed by atoms with Gasteiger partial charge in [0.05, 0.1) is 112 Å². The SMILES string of the molecule is CCC(C)(C)C(=O)OC(C)C1C2CC3C(=O)OC1C3O2.CCC(C)(C)C(=O)OC(C)CC1C2CC3C(=O)OC1C3O2.CCC(C)(C)C(=O)OC1CC2CCC1O2.CCC(C)(C)C(=O)OCCC(=O)OC1C2CC3C(=O)OC1C3O2.CCC(C)(C)C(=O)OCCC1C2CC3C(=O)OC1C3O2. The van der Waals surface area contributed by atoms with Gasteiger partial charge in [0.2, 0.25) is 0 Å². The monoisotopic (exact) mass is 1400 g/mol. The van der Waals surface area contributed by atoms with Crippen LogP contribution in [0.5, 0.6) is 0 Å². The molecule has 0 radical (unpaired) electrons. The lowest BCUT2D eigenvalue weighted by Gasteiger charge is -2.30. The summed E-state index contributed by atoms with van der Waals surface area (Å²) in [4.78, 5) is 118. The van der Waals surface area contributed by atoms with E-state index in [9.17, 15) is 47.9 Å². The third-order valence-electron chi connectivity index (χ3n) is 24.4. The molecule has 556 valence electrons. The Morgan fingerprint density at radius 1 is 0.424 bits per heavy atom. The molecule has 0 amide bonds. The molecule has 25 nitrogen and oxygen atoms in total. The highest BCUT2D eigenvalue weighted by molar-refractivity contribution is 5.81. The van der Waals surface area contributed by atoms with Crippen molar-refractivity contribution < 1.29 is 119 Å². The van der Waals surface area contributed by atoms with E-state index in [2.05, 4.69) is 0 Å². The van der Waals surface area contributed by atoms with E-state index in [0.717, 1.165) is 57.8 Å². The molecule has 25 unspecified atom stereocenters. The number of carbonyl (C=O) groups is 10. The molecule has 14 fully saturated rings. The lowest BCUT2D eigenvalue weighted by Crippen LogP contribution is -2.42. The second-order valence-corrected chi connectivity index (χ2v) is 33.0. The lowest BCUT2D eigenvalue weighted by molar-refractivity contribution is -0.165. The van der Waals surface area contributed by atoms with Gasteiger partial charge in [-0.2, -0.15) is 0 Å². The molecule has 14 aliphatic rings. The van der Waals surface area contributed by atoms with Crippen molar-refractivity contribution in [2.75, 3.05) is 13.2 Å². The minimum Gasteiger partial charge on any atom is -0.465 e. The zero-order valence-corrected chi connectivity index (χ0v) is 61.2. The molecule has 0 N–H and O–H groups in total. The van der Waals surface area contributed by atoms with Crippen LogP contribution in [0, 0.1) is 68.5 Å². The van der Waals surface area contributed by atoms with Crippen molar-refractivity contribution in [2.45, 2.75) is 324 Å². The number of hydrogen-bond acceptors (Lipinski definition) is 25. The van der Waals surface area contributed by atoms with Crippen LogP contribution in [0.15, 0.2) is 0 Å². The van der Waals surface area contributed by atoms with Crippen LogP contribution in [-0.4, -0.2) is 183 Å². The van der Waals surface area contributed by atoms with Crippen molar-refractivity contribution in [2.24, 2.45) is 68.5 Å². The molecule has 0 aliphatic carbocycles. The highest BCUT2D eigenvalue weighted by Crippen LogP contribution is 2.54. The van der Waals surface area contributed by atoms with E-state index in [1.165, 1.54) is 0 Å². The Kier molecular flexibility index (Phi) is 22.8. The zero-order chi connectivity index (χ0) is 72.3. The third-order valence-corrected chi connectivity index (χ3v) is 24.4. The topological polar surface area (TPSA) is 309 Å². The molecule has 0 aromatic heterocycles. The summed E-state index contributed by atoms with van der Waals surface area (Å²) in [5, 5.41) is 0. The van der Waals surface area contributed by atoms with E-state index < -0.39 is 39.8 Å². The fourth-order valence-corrected chi connectivity index (χ4v) is 15.7. The Morgan fingerprint density at radius 3 is 1.35 bits per heavy atom. The number of rotatable bonds is 23. The van der Waals surface area contributed by atoms with Crippen molar-refractivity contribution in [1.82, 2.24) is 0 Å². The molecule has 14 rings (SSSR count). The normalized spacial score (nSPS) is 37.1. The van der Waals surface area contributed by atoms with Gasteiger partial charge in [0, 0.05) is 18.3 Å². The summed E-state index contributed by atoms with van der Waals surface area (Å²) >= 11 is 0. The summed E-state index contributed by atoms with van der Waals surface area (Å²) in [6, 6.07) is 0. The van der Waals surface area contributed by atoms with Crippen molar-refractivity contribution >= 4 is 59.7 Å². The van der Waals surface area contributed by atoms with Crippen LogP contribution < -0.4 is 0 Å². The maximum Gasteiger partial charge on any atom is 0.312 e. The first-order valence-electron chi connectivity index (χ1n) is 36.7. The van der Waals surface area contributed by atoms with Crippen LogP contribution in [0.1, 0.15) is 214 Å². The number of ether oxygens (including phenoxy) is 15. The van der Waals surface area contributed by atoms with Crippen molar-refractivity contribution in [3.63, 3.8) is 0 Å². The van der Waals surface area contributed by atoms with Crippen LogP contribution in [-0.2, 0) is 119 Å². The lowest BCUT2D eigenvalue weighted by atomic mass is 9.79. The number of fused-ring (bicyclic) bond motifs is 6. The molecule has 14 heterocycles.